The van der Waals surface area contributed by atoms with Gasteiger partial charge in [0.15, 0.2) is 0 Å². The minimum absolute atomic E-state index is 0.0896. The average molecular weight is 353 g/mol. The van der Waals surface area contributed by atoms with Crippen LogP contribution in [0.3, 0.4) is 0 Å². The third kappa shape index (κ3) is 5.48. The summed E-state index contributed by atoms with van der Waals surface area (Å²) in [5.74, 6) is 0. The van der Waals surface area contributed by atoms with Gasteiger partial charge < -0.3 is 10.6 Å². The maximum absolute atomic E-state index is 12.5. The van der Waals surface area contributed by atoms with Crippen LogP contribution in [0.1, 0.15) is 11.1 Å². The second kappa shape index (κ2) is 7.65. The largest absolute Gasteiger partial charge is 0.416 e. The van der Waals surface area contributed by atoms with E-state index in [0.717, 1.165) is 12.1 Å². The predicted octanol–water partition coefficient (Wildman–Crippen LogP) is 3.98. The number of anilines is 1. The molecule has 0 aliphatic rings. The van der Waals surface area contributed by atoms with Crippen molar-refractivity contribution in [2.45, 2.75) is 12.6 Å². The Bertz CT molecular complexity index is 744. The normalized spacial score (nSPS) is 11.0. The zero-order valence-electron chi connectivity index (χ0n) is 12.8. The van der Waals surface area contributed by atoms with Crippen LogP contribution < -0.4 is 10.6 Å². The Hall–Kier alpha value is -3.10. The molecule has 0 aliphatic carbocycles. The van der Waals surface area contributed by atoms with Crippen LogP contribution in [-0.4, -0.2) is 17.5 Å². The number of hydrogen-bond donors (Lipinski definition) is 2. The molecule has 0 saturated carbocycles. The molecule has 132 valence electrons. The molecule has 2 amide bonds. The third-order valence-electron chi connectivity index (χ3n) is 3.32. The minimum atomic E-state index is -4.37. The number of urea groups is 1. The molecule has 0 atom stereocenters. The van der Waals surface area contributed by atoms with Crippen LogP contribution in [0.2, 0.25) is 0 Å². The van der Waals surface area contributed by atoms with Gasteiger partial charge in [-0.05, 0) is 36.2 Å². The molecule has 6 nitrogen and oxygen atoms in total. The molecule has 2 N–H and O–H groups in total. The fourth-order valence-corrected chi connectivity index (χ4v) is 2.02. The molecular formula is C16H14F3N3O3. The van der Waals surface area contributed by atoms with Crippen molar-refractivity contribution in [3.8, 4) is 0 Å². The van der Waals surface area contributed by atoms with Crippen LogP contribution in [0.4, 0.5) is 29.3 Å². The van der Waals surface area contributed by atoms with E-state index in [2.05, 4.69) is 10.6 Å². The van der Waals surface area contributed by atoms with Gasteiger partial charge in [-0.1, -0.05) is 12.1 Å². The van der Waals surface area contributed by atoms with E-state index >= 15 is 0 Å². The molecule has 0 spiro atoms. The number of carbonyl (C=O) groups is 1. The Morgan fingerprint density at radius 2 is 1.64 bits per heavy atom. The topological polar surface area (TPSA) is 84.3 Å². The van der Waals surface area contributed by atoms with Gasteiger partial charge >= 0.3 is 12.2 Å². The van der Waals surface area contributed by atoms with Crippen LogP contribution in [-0.2, 0) is 12.6 Å². The van der Waals surface area contributed by atoms with Gasteiger partial charge in [0.05, 0.1) is 10.5 Å². The second-order valence-corrected chi connectivity index (χ2v) is 5.13. The van der Waals surface area contributed by atoms with Crippen molar-refractivity contribution in [1.29, 1.82) is 0 Å². The van der Waals surface area contributed by atoms with Gasteiger partial charge in [0.2, 0.25) is 0 Å². The molecule has 0 bridgehead atoms. The molecule has 2 rings (SSSR count). The first-order chi connectivity index (χ1) is 11.8. The van der Waals surface area contributed by atoms with Gasteiger partial charge in [-0.25, -0.2) is 4.79 Å². The van der Waals surface area contributed by atoms with Crippen molar-refractivity contribution >= 4 is 17.4 Å². The molecule has 2 aromatic rings. The van der Waals surface area contributed by atoms with Gasteiger partial charge in [0.1, 0.15) is 0 Å². The predicted molar refractivity (Wildman–Crippen MR) is 85.3 cm³/mol. The lowest BCUT2D eigenvalue weighted by atomic mass is 10.1. The molecule has 25 heavy (non-hydrogen) atoms. The van der Waals surface area contributed by atoms with Crippen LogP contribution in [0.15, 0.2) is 48.5 Å². The number of nitro groups is 1. The number of nitro benzene ring substituents is 1. The highest BCUT2D eigenvalue weighted by atomic mass is 19.4. The van der Waals surface area contributed by atoms with E-state index in [4.69, 9.17) is 0 Å². The zero-order chi connectivity index (χ0) is 18.4. The number of halogens is 3. The van der Waals surface area contributed by atoms with Gasteiger partial charge in [-0.3, -0.25) is 10.1 Å². The Balaban J connectivity index is 1.79. The lowest BCUT2D eigenvalue weighted by Crippen LogP contribution is -2.30. The monoisotopic (exact) mass is 353 g/mol. The summed E-state index contributed by atoms with van der Waals surface area (Å²) in [6.07, 6.45) is -4.01. The Kier molecular flexibility index (Phi) is 5.58. The van der Waals surface area contributed by atoms with E-state index in [1.807, 2.05) is 0 Å². The molecule has 2 aromatic carbocycles. The fourth-order valence-electron chi connectivity index (χ4n) is 2.02. The number of carbonyl (C=O) groups excluding carboxylic acids is 1. The molecule has 0 aromatic heterocycles. The molecule has 0 aliphatic heterocycles. The fraction of sp³-hybridized carbons (Fsp3) is 0.188. The highest BCUT2D eigenvalue weighted by Gasteiger charge is 2.29. The molecule has 0 heterocycles. The highest BCUT2D eigenvalue weighted by Crippen LogP contribution is 2.29. The summed E-state index contributed by atoms with van der Waals surface area (Å²) in [5, 5.41) is 15.6. The van der Waals surface area contributed by atoms with Gasteiger partial charge in [0.25, 0.3) is 5.69 Å². The van der Waals surface area contributed by atoms with Crippen molar-refractivity contribution in [1.82, 2.24) is 5.32 Å². The summed E-state index contributed by atoms with van der Waals surface area (Å²) in [4.78, 5) is 21.7. The Labute approximate surface area is 140 Å². The van der Waals surface area contributed by atoms with Crippen molar-refractivity contribution < 1.29 is 22.9 Å². The number of nitrogens with one attached hydrogen (secondary N) is 2. The lowest BCUT2D eigenvalue weighted by molar-refractivity contribution is -0.384. The van der Waals surface area contributed by atoms with E-state index in [0.29, 0.717) is 17.7 Å². The van der Waals surface area contributed by atoms with E-state index in [-0.39, 0.29) is 12.2 Å². The first kappa shape index (κ1) is 18.2. The highest BCUT2D eigenvalue weighted by molar-refractivity contribution is 5.89. The van der Waals surface area contributed by atoms with Gasteiger partial charge in [-0.15, -0.1) is 0 Å². The van der Waals surface area contributed by atoms with E-state index in [1.165, 1.54) is 36.4 Å². The third-order valence-corrected chi connectivity index (χ3v) is 3.32. The van der Waals surface area contributed by atoms with Gasteiger partial charge in [-0.2, -0.15) is 13.2 Å². The lowest BCUT2D eigenvalue weighted by Gasteiger charge is -2.09. The summed E-state index contributed by atoms with van der Waals surface area (Å²) in [6.45, 7) is 0.226. The smallest absolute Gasteiger partial charge is 0.338 e. The second-order valence-electron chi connectivity index (χ2n) is 5.13. The molecule has 0 fully saturated rings. The standard InChI is InChI=1S/C16H14F3N3O3/c17-16(18,19)12-3-1-11(2-4-12)9-10-20-15(23)21-13-5-7-14(8-6-13)22(24)25/h1-8H,9-10H2,(H2,20,21,23). The van der Waals surface area contributed by atoms with Crippen LogP contribution >= 0.6 is 0 Å². The van der Waals surface area contributed by atoms with E-state index in [1.54, 1.807) is 0 Å². The van der Waals surface area contributed by atoms with Crippen LogP contribution in [0.5, 0.6) is 0 Å². The summed E-state index contributed by atoms with van der Waals surface area (Å²) in [6, 6.07) is 9.51. The molecule has 0 radical (unpaired) electrons. The van der Waals surface area contributed by atoms with Crippen LogP contribution in [0, 0.1) is 10.1 Å². The van der Waals surface area contributed by atoms with Gasteiger partial charge in [0, 0.05) is 24.4 Å². The first-order valence-electron chi connectivity index (χ1n) is 7.21. The number of hydrogen-bond acceptors (Lipinski definition) is 3. The maximum atomic E-state index is 12.5. The maximum Gasteiger partial charge on any atom is 0.416 e. The average Bonchev–Trinajstić information content (AvgIpc) is 2.55. The van der Waals surface area contributed by atoms with Crippen molar-refractivity contribution in [3.05, 3.63) is 69.8 Å². The summed E-state index contributed by atoms with van der Waals surface area (Å²) >= 11 is 0. The number of rotatable bonds is 5. The Morgan fingerprint density at radius 1 is 1.04 bits per heavy atom. The number of amides is 2. The Morgan fingerprint density at radius 3 is 2.16 bits per heavy atom. The summed E-state index contributed by atoms with van der Waals surface area (Å²) in [7, 11) is 0. The molecule has 9 heteroatoms. The first-order valence-corrected chi connectivity index (χ1v) is 7.21. The number of nitrogens with zero attached hydrogens (tertiary/aromatic N) is 1. The summed E-state index contributed by atoms with van der Waals surface area (Å²) in [5.41, 5.74) is 0.231. The molecule has 0 saturated heterocycles. The van der Waals surface area contributed by atoms with Crippen LogP contribution in [0.25, 0.3) is 0 Å². The number of alkyl halides is 3. The SMILES string of the molecule is O=C(NCCc1ccc(C(F)(F)F)cc1)Nc1ccc([N+](=O)[O-])cc1. The van der Waals surface area contributed by atoms with E-state index in [9.17, 15) is 28.1 Å². The quantitative estimate of drug-likeness (QED) is 0.630. The number of non-ortho nitro benzene ring substituents is 1. The molecule has 0 unspecified atom stereocenters. The van der Waals surface area contributed by atoms with Crippen molar-refractivity contribution in [3.63, 3.8) is 0 Å². The van der Waals surface area contributed by atoms with Crippen molar-refractivity contribution in [2.24, 2.45) is 0 Å². The zero-order valence-corrected chi connectivity index (χ0v) is 12.8. The van der Waals surface area contributed by atoms with Crippen molar-refractivity contribution in [2.75, 3.05) is 11.9 Å². The van der Waals surface area contributed by atoms with E-state index < -0.39 is 22.7 Å². The summed E-state index contributed by atoms with van der Waals surface area (Å²) < 4.78 is 37.4. The number of benzene rings is 2. The molecular weight excluding hydrogens is 339 g/mol. The minimum Gasteiger partial charge on any atom is -0.338 e.